The number of pyridine rings is 1. The molecule has 3 aromatic heterocycles. The normalized spacial score (nSPS) is 11.2. The van der Waals surface area contributed by atoms with Gasteiger partial charge in [-0.05, 0) is 19.1 Å². The lowest BCUT2D eigenvalue weighted by atomic mass is 10.2. The van der Waals surface area contributed by atoms with Gasteiger partial charge in [0.25, 0.3) is 5.56 Å². The van der Waals surface area contributed by atoms with E-state index in [-0.39, 0.29) is 11.5 Å². The van der Waals surface area contributed by atoms with E-state index in [4.69, 9.17) is 0 Å². The molecular weight excluding hydrogens is 404 g/mol. The number of benzene rings is 1. The van der Waals surface area contributed by atoms with E-state index in [0.717, 1.165) is 16.6 Å². The van der Waals surface area contributed by atoms with Crippen LogP contribution in [-0.2, 0) is 17.1 Å². The highest BCUT2D eigenvalue weighted by atomic mass is 32.2. The molecule has 148 valence electrons. The van der Waals surface area contributed by atoms with Crippen LogP contribution in [0.15, 0.2) is 58.8 Å². The van der Waals surface area contributed by atoms with Crippen molar-refractivity contribution in [3.63, 3.8) is 0 Å². The van der Waals surface area contributed by atoms with Crippen molar-refractivity contribution in [3.05, 3.63) is 75.8 Å². The zero-order valence-electron chi connectivity index (χ0n) is 15.9. The van der Waals surface area contributed by atoms with Gasteiger partial charge in [0.1, 0.15) is 0 Å². The van der Waals surface area contributed by atoms with Crippen LogP contribution >= 0.6 is 23.1 Å². The fourth-order valence-electron chi connectivity index (χ4n) is 3.06. The van der Waals surface area contributed by atoms with Crippen molar-refractivity contribution in [1.29, 1.82) is 0 Å². The summed E-state index contributed by atoms with van der Waals surface area (Å²) in [5, 5.41) is 2.93. The van der Waals surface area contributed by atoms with Crippen LogP contribution in [0.2, 0.25) is 0 Å². The van der Waals surface area contributed by atoms with E-state index in [1.165, 1.54) is 33.6 Å². The van der Waals surface area contributed by atoms with Gasteiger partial charge >= 0.3 is 0 Å². The number of fused-ring (bicyclic) bond motifs is 2. The third-order valence-corrected chi connectivity index (χ3v) is 6.28. The molecule has 0 saturated heterocycles. The summed E-state index contributed by atoms with van der Waals surface area (Å²) >= 11 is 2.90. The first-order chi connectivity index (χ1) is 14.1. The maximum absolute atomic E-state index is 12.7. The largest absolute Gasteiger partial charge is 0.336 e. The predicted octanol–water partition coefficient (Wildman–Crippen LogP) is 3.59. The molecule has 0 radical (unpaired) electrons. The number of hydrogen-bond acceptors (Lipinski definition) is 6. The van der Waals surface area contributed by atoms with Crippen molar-refractivity contribution >= 4 is 44.9 Å². The van der Waals surface area contributed by atoms with Crippen molar-refractivity contribution in [2.75, 3.05) is 12.3 Å². The van der Waals surface area contributed by atoms with Gasteiger partial charge in [-0.25, -0.2) is 4.98 Å². The summed E-state index contributed by atoms with van der Waals surface area (Å²) in [6.45, 7) is 3.08. The van der Waals surface area contributed by atoms with E-state index in [2.05, 4.69) is 9.97 Å². The Kier molecular flexibility index (Phi) is 5.92. The monoisotopic (exact) mass is 424 g/mol. The number of aromatic nitrogens is 3. The average Bonchev–Trinajstić information content (AvgIpc) is 3.21. The first kappa shape index (κ1) is 19.6. The molecule has 0 saturated carbocycles. The molecule has 8 heteroatoms. The lowest BCUT2D eigenvalue weighted by Gasteiger charge is -2.20. The fourth-order valence-corrected chi connectivity index (χ4v) is 4.62. The zero-order chi connectivity index (χ0) is 20.2. The Bertz CT molecular complexity index is 1220. The summed E-state index contributed by atoms with van der Waals surface area (Å²) in [4.78, 5) is 36.3. The van der Waals surface area contributed by atoms with Crippen LogP contribution in [0, 0.1) is 0 Å². The molecule has 1 aromatic carbocycles. The molecule has 4 rings (SSSR count). The van der Waals surface area contributed by atoms with Gasteiger partial charge in [-0.2, -0.15) is 0 Å². The van der Waals surface area contributed by atoms with Gasteiger partial charge in [-0.15, -0.1) is 23.1 Å². The molecule has 0 spiro atoms. The number of carbonyl (C=O) groups is 1. The fraction of sp³-hybridized carbons (Fsp3) is 0.238. The van der Waals surface area contributed by atoms with Gasteiger partial charge in [0.05, 0.1) is 29.2 Å². The third-order valence-electron chi connectivity index (χ3n) is 4.58. The minimum Gasteiger partial charge on any atom is -0.336 e. The molecule has 0 unspecified atom stereocenters. The van der Waals surface area contributed by atoms with Crippen molar-refractivity contribution in [3.8, 4) is 0 Å². The van der Waals surface area contributed by atoms with Gasteiger partial charge in [0, 0.05) is 35.3 Å². The summed E-state index contributed by atoms with van der Waals surface area (Å²) in [6.07, 6.45) is 1.72. The van der Waals surface area contributed by atoms with Gasteiger partial charge < -0.3 is 4.90 Å². The number of carbonyl (C=O) groups excluding carboxylic acids is 1. The quantitative estimate of drug-likeness (QED) is 0.454. The molecule has 1 amide bonds. The number of thiazole rings is 1. The lowest BCUT2D eigenvalue weighted by Crippen LogP contribution is -2.32. The Balaban J connectivity index is 1.37. The van der Waals surface area contributed by atoms with Gasteiger partial charge in [0.2, 0.25) is 5.91 Å². The van der Waals surface area contributed by atoms with Gasteiger partial charge in [-0.3, -0.25) is 19.0 Å². The highest BCUT2D eigenvalue weighted by Gasteiger charge is 2.14. The second-order valence-electron chi connectivity index (χ2n) is 6.54. The minimum atomic E-state index is -0.0873. The first-order valence-electron chi connectivity index (χ1n) is 9.30. The molecule has 29 heavy (non-hydrogen) atoms. The van der Waals surface area contributed by atoms with Crippen molar-refractivity contribution < 1.29 is 4.79 Å². The number of thioether (sulfide) groups is 1. The Hall–Kier alpha value is -2.71. The van der Waals surface area contributed by atoms with E-state index in [1.807, 2.05) is 48.7 Å². The topological polar surface area (TPSA) is 67.6 Å². The van der Waals surface area contributed by atoms with Crippen molar-refractivity contribution in [2.24, 2.45) is 0 Å². The zero-order valence-corrected chi connectivity index (χ0v) is 17.6. The van der Waals surface area contributed by atoms with Gasteiger partial charge in [0.15, 0.2) is 4.96 Å². The number of para-hydroxylation sites is 1. The molecule has 0 atom stereocenters. The molecule has 0 N–H and O–H groups in total. The average molecular weight is 425 g/mol. The van der Waals surface area contributed by atoms with E-state index in [0.29, 0.717) is 35.3 Å². The van der Waals surface area contributed by atoms with E-state index < -0.39 is 0 Å². The second-order valence-corrected chi connectivity index (χ2v) is 8.40. The Morgan fingerprint density at radius 2 is 2.03 bits per heavy atom. The number of hydrogen-bond donors (Lipinski definition) is 0. The number of amides is 1. The van der Waals surface area contributed by atoms with Crippen LogP contribution in [-0.4, -0.2) is 37.5 Å². The molecule has 0 aliphatic carbocycles. The predicted molar refractivity (Wildman–Crippen MR) is 118 cm³/mol. The van der Waals surface area contributed by atoms with Crippen LogP contribution in [0.4, 0.5) is 0 Å². The number of rotatable bonds is 7. The molecule has 6 nitrogen and oxygen atoms in total. The van der Waals surface area contributed by atoms with Crippen LogP contribution in [0.1, 0.15) is 18.3 Å². The third kappa shape index (κ3) is 4.49. The molecule has 3 heterocycles. The van der Waals surface area contributed by atoms with E-state index in [1.54, 1.807) is 11.1 Å². The van der Waals surface area contributed by atoms with E-state index in [9.17, 15) is 9.59 Å². The standard InChI is InChI=1S/C21H20N4O2S2/c1-2-24(12-16-8-7-15-5-3-4-6-18(15)22-16)20(27)14-28-13-17-11-19(26)25-9-10-29-21(25)23-17/h3-11H,2,12-14H2,1H3. The maximum atomic E-state index is 12.7. The second kappa shape index (κ2) is 8.75. The first-order valence-corrected chi connectivity index (χ1v) is 11.3. The van der Waals surface area contributed by atoms with Crippen LogP contribution in [0.3, 0.4) is 0 Å². The molecule has 0 aliphatic heterocycles. The number of nitrogens with zero attached hydrogens (tertiary/aromatic N) is 4. The smallest absolute Gasteiger partial charge is 0.258 e. The molecule has 0 aliphatic rings. The highest BCUT2D eigenvalue weighted by Crippen LogP contribution is 2.16. The van der Waals surface area contributed by atoms with Gasteiger partial charge in [-0.1, -0.05) is 24.3 Å². The lowest BCUT2D eigenvalue weighted by molar-refractivity contribution is -0.128. The Morgan fingerprint density at radius 1 is 1.17 bits per heavy atom. The summed E-state index contributed by atoms with van der Waals surface area (Å²) in [7, 11) is 0. The summed E-state index contributed by atoms with van der Waals surface area (Å²) in [6, 6.07) is 13.5. The molecule has 4 aromatic rings. The van der Waals surface area contributed by atoms with Crippen molar-refractivity contribution in [2.45, 2.75) is 19.2 Å². The van der Waals surface area contributed by atoms with Crippen LogP contribution in [0.5, 0.6) is 0 Å². The summed E-state index contributed by atoms with van der Waals surface area (Å²) < 4.78 is 1.53. The highest BCUT2D eigenvalue weighted by molar-refractivity contribution is 7.99. The SMILES string of the molecule is CCN(Cc1ccc2ccccc2n1)C(=O)CSCc1cc(=O)n2ccsc2n1. The van der Waals surface area contributed by atoms with Crippen molar-refractivity contribution in [1.82, 2.24) is 19.3 Å². The molecule has 0 bridgehead atoms. The Labute approximate surface area is 176 Å². The van der Waals surface area contributed by atoms with Crippen LogP contribution in [0.25, 0.3) is 15.9 Å². The minimum absolute atomic E-state index is 0.0568. The maximum Gasteiger partial charge on any atom is 0.258 e. The molecule has 0 fully saturated rings. The molecular formula is C21H20N4O2S2. The van der Waals surface area contributed by atoms with E-state index >= 15 is 0 Å². The van der Waals surface area contributed by atoms with Crippen LogP contribution < -0.4 is 5.56 Å². The summed E-state index contributed by atoms with van der Waals surface area (Å²) in [5.74, 6) is 0.926. The Morgan fingerprint density at radius 3 is 2.90 bits per heavy atom. The summed E-state index contributed by atoms with van der Waals surface area (Å²) in [5.41, 5.74) is 2.43.